The zero-order valence-electron chi connectivity index (χ0n) is 12.2. The summed E-state index contributed by atoms with van der Waals surface area (Å²) >= 11 is 0. The van der Waals surface area contributed by atoms with Crippen molar-refractivity contribution in [1.29, 1.82) is 0 Å². The molecule has 110 valence electrons. The number of carbonyl (C=O) groups excluding carboxylic acids is 1. The molecule has 0 aliphatic rings. The van der Waals surface area contributed by atoms with E-state index in [9.17, 15) is 14.7 Å². The quantitative estimate of drug-likeness (QED) is 0.900. The van der Waals surface area contributed by atoms with Crippen LogP contribution in [0.2, 0.25) is 0 Å². The van der Waals surface area contributed by atoms with Gasteiger partial charge in [-0.05, 0) is 25.0 Å². The number of carbonyl (C=O) groups is 2. The van der Waals surface area contributed by atoms with Gasteiger partial charge in [0.05, 0.1) is 17.7 Å². The number of aromatic carboxylic acids is 1. The minimum atomic E-state index is -1.09. The molecular formula is C15H17N3O3. The molecule has 2 rings (SSSR count). The van der Waals surface area contributed by atoms with E-state index in [0.29, 0.717) is 17.0 Å². The second-order valence-electron chi connectivity index (χ2n) is 4.95. The Kier molecular flexibility index (Phi) is 4.07. The van der Waals surface area contributed by atoms with E-state index in [1.807, 2.05) is 0 Å². The van der Waals surface area contributed by atoms with E-state index in [4.69, 9.17) is 0 Å². The maximum absolute atomic E-state index is 12.6. The van der Waals surface area contributed by atoms with E-state index in [1.165, 1.54) is 4.90 Å². The number of nitrogens with one attached hydrogen (secondary N) is 1. The van der Waals surface area contributed by atoms with Crippen LogP contribution in [0.1, 0.15) is 37.7 Å². The first-order valence-corrected chi connectivity index (χ1v) is 6.49. The summed E-state index contributed by atoms with van der Waals surface area (Å²) in [6.45, 7) is 3.71. The van der Waals surface area contributed by atoms with Crippen molar-refractivity contribution >= 4 is 11.9 Å². The molecule has 6 nitrogen and oxygen atoms in total. The molecule has 0 fully saturated rings. The third-order valence-electron chi connectivity index (χ3n) is 3.34. The van der Waals surface area contributed by atoms with Gasteiger partial charge in [0, 0.05) is 19.4 Å². The molecule has 1 amide bonds. The van der Waals surface area contributed by atoms with Gasteiger partial charge < -0.3 is 15.0 Å². The van der Waals surface area contributed by atoms with Gasteiger partial charge in [-0.2, -0.15) is 0 Å². The lowest BCUT2D eigenvalue weighted by molar-refractivity contribution is 0.0678. The van der Waals surface area contributed by atoms with Crippen molar-refractivity contribution in [3.63, 3.8) is 0 Å². The van der Waals surface area contributed by atoms with Gasteiger partial charge in [0.1, 0.15) is 5.82 Å². The van der Waals surface area contributed by atoms with Crippen LogP contribution in [0.5, 0.6) is 0 Å². The van der Waals surface area contributed by atoms with E-state index in [2.05, 4.69) is 9.97 Å². The number of benzene rings is 1. The molecule has 0 saturated carbocycles. The second-order valence-corrected chi connectivity index (χ2v) is 4.95. The number of nitrogens with zero attached hydrogens (tertiary/aromatic N) is 2. The lowest BCUT2D eigenvalue weighted by atomic mass is 9.96. The van der Waals surface area contributed by atoms with Gasteiger partial charge in [0.25, 0.3) is 5.91 Å². The van der Waals surface area contributed by atoms with Gasteiger partial charge in [-0.1, -0.05) is 12.1 Å². The van der Waals surface area contributed by atoms with Crippen LogP contribution in [0.25, 0.3) is 0 Å². The predicted molar refractivity (Wildman–Crippen MR) is 77.3 cm³/mol. The molecule has 0 saturated heterocycles. The minimum absolute atomic E-state index is 0.0614. The number of aromatic amines is 1. The normalized spacial score (nSPS) is 10.4. The summed E-state index contributed by atoms with van der Waals surface area (Å²) < 4.78 is 0. The zero-order chi connectivity index (χ0) is 15.6. The van der Waals surface area contributed by atoms with Crippen molar-refractivity contribution in [3.05, 3.63) is 52.6 Å². The second kappa shape index (κ2) is 5.78. The summed E-state index contributed by atoms with van der Waals surface area (Å²) in [5, 5.41) is 9.37. The Morgan fingerprint density at radius 2 is 1.86 bits per heavy atom. The fourth-order valence-electron chi connectivity index (χ4n) is 2.23. The first kappa shape index (κ1) is 14.8. The zero-order valence-corrected chi connectivity index (χ0v) is 12.2. The first-order chi connectivity index (χ1) is 9.91. The number of aryl methyl sites for hydroxylation is 2. The number of imidazole rings is 1. The predicted octanol–water partition coefficient (Wildman–Crippen LogP) is 2.00. The summed E-state index contributed by atoms with van der Waals surface area (Å²) in [6, 6.07) is 3.47. The number of aromatic nitrogens is 2. The van der Waals surface area contributed by atoms with Crippen molar-refractivity contribution in [1.82, 2.24) is 14.9 Å². The highest BCUT2D eigenvalue weighted by atomic mass is 16.4. The fourth-order valence-corrected chi connectivity index (χ4v) is 2.23. The largest absolute Gasteiger partial charge is 0.478 e. The Balaban J connectivity index is 2.38. The van der Waals surface area contributed by atoms with Gasteiger partial charge in [-0.15, -0.1) is 0 Å². The number of hydrogen-bond acceptors (Lipinski definition) is 3. The van der Waals surface area contributed by atoms with Crippen molar-refractivity contribution in [2.75, 3.05) is 7.05 Å². The summed E-state index contributed by atoms with van der Waals surface area (Å²) in [5.74, 6) is -0.774. The Bertz CT molecular complexity index is 678. The van der Waals surface area contributed by atoms with Crippen LogP contribution >= 0.6 is 0 Å². The van der Waals surface area contributed by atoms with E-state index in [1.54, 1.807) is 45.4 Å². The molecule has 1 aromatic heterocycles. The van der Waals surface area contributed by atoms with E-state index in [-0.39, 0.29) is 23.6 Å². The molecule has 0 spiro atoms. The highest BCUT2D eigenvalue weighted by Crippen LogP contribution is 2.21. The molecular weight excluding hydrogens is 270 g/mol. The number of hydrogen-bond donors (Lipinski definition) is 2. The minimum Gasteiger partial charge on any atom is -0.478 e. The molecule has 21 heavy (non-hydrogen) atoms. The Morgan fingerprint density at radius 1 is 1.24 bits per heavy atom. The standard InChI is InChI=1S/C15H17N3O3/c1-9-4-5-10(2)13(15(20)21)12(9)14(19)18(3)8-11-16-6-7-17-11/h4-7H,8H2,1-3H3,(H,16,17)(H,20,21). The van der Waals surface area contributed by atoms with Crippen LogP contribution in [0.4, 0.5) is 0 Å². The molecule has 2 N–H and O–H groups in total. The molecule has 1 heterocycles. The number of rotatable bonds is 4. The van der Waals surface area contributed by atoms with Crippen LogP contribution in [0, 0.1) is 13.8 Å². The van der Waals surface area contributed by atoms with Gasteiger partial charge in [-0.3, -0.25) is 4.79 Å². The lowest BCUT2D eigenvalue weighted by Gasteiger charge is -2.19. The molecule has 6 heteroatoms. The molecule has 1 aromatic carbocycles. The third kappa shape index (κ3) is 2.94. The summed E-state index contributed by atoms with van der Waals surface area (Å²) in [5.41, 5.74) is 1.51. The van der Waals surface area contributed by atoms with Crippen LogP contribution in [-0.4, -0.2) is 38.9 Å². The molecule has 0 unspecified atom stereocenters. The molecule has 0 aliphatic carbocycles. The maximum atomic E-state index is 12.6. The van der Waals surface area contributed by atoms with Crippen LogP contribution < -0.4 is 0 Å². The SMILES string of the molecule is Cc1ccc(C)c(C(=O)N(C)Cc2ncc[nH]2)c1C(=O)O. The number of carboxylic acids is 1. The fraction of sp³-hybridized carbons (Fsp3) is 0.267. The van der Waals surface area contributed by atoms with Gasteiger partial charge in [0.15, 0.2) is 0 Å². The van der Waals surface area contributed by atoms with Crippen molar-refractivity contribution in [3.8, 4) is 0 Å². The number of amides is 1. The summed E-state index contributed by atoms with van der Waals surface area (Å²) in [7, 11) is 1.62. The van der Waals surface area contributed by atoms with Gasteiger partial charge in [-0.25, -0.2) is 9.78 Å². The summed E-state index contributed by atoms with van der Waals surface area (Å²) in [6.07, 6.45) is 3.28. The molecule has 0 aliphatic heterocycles. The van der Waals surface area contributed by atoms with Gasteiger partial charge in [0.2, 0.25) is 0 Å². The molecule has 0 atom stereocenters. The average Bonchev–Trinajstić information content (AvgIpc) is 2.92. The van der Waals surface area contributed by atoms with E-state index in [0.717, 1.165) is 0 Å². The topological polar surface area (TPSA) is 86.3 Å². The van der Waals surface area contributed by atoms with Crippen LogP contribution in [0.15, 0.2) is 24.5 Å². The Labute approximate surface area is 122 Å². The van der Waals surface area contributed by atoms with Crippen molar-refractivity contribution in [2.45, 2.75) is 20.4 Å². The van der Waals surface area contributed by atoms with E-state index >= 15 is 0 Å². The van der Waals surface area contributed by atoms with Gasteiger partial charge >= 0.3 is 5.97 Å². The number of H-pyrrole nitrogens is 1. The summed E-state index contributed by atoms with van der Waals surface area (Å²) in [4.78, 5) is 32.5. The third-order valence-corrected chi connectivity index (χ3v) is 3.34. The number of carboxylic acid groups (broad SMARTS) is 1. The van der Waals surface area contributed by atoms with Crippen LogP contribution in [0.3, 0.4) is 0 Å². The van der Waals surface area contributed by atoms with Crippen LogP contribution in [-0.2, 0) is 6.54 Å². The lowest BCUT2D eigenvalue weighted by Crippen LogP contribution is -2.29. The molecule has 0 bridgehead atoms. The maximum Gasteiger partial charge on any atom is 0.336 e. The highest BCUT2D eigenvalue weighted by molar-refractivity contribution is 6.06. The van der Waals surface area contributed by atoms with Crippen molar-refractivity contribution < 1.29 is 14.7 Å². The Hall–Kier alpha value is -2.63. The molecule has 0 radical (unpaired) electrons. The smallest absolute Gasteiger partial charge is 0.336 e. The van der Waals surface area contributed by atoms with Crippen molar-refractivity contribution in [2.24, 2.45) is 0 Å². The first-order valence-electron chi connectivity index (χ1n) is 6.49. The Morgan fingerprint density at radius 3 is 2.38 bits per heavy atom. The molecule has 2 aromatic rings. The monoisotopic (exact) mass is 287 g/mol. The highest BCUT2D eigenvalue weighted by Gasteiger charge is 2.24. The van der Waals surface area contributed by atoms with E-state index < -0.39 is 5.97 Å². The average molecular weight is 287 g/mol.